The van der Waals surface area contributed by atoms with Crippen molar-refractivity contribution in [2.75, 3.05) is 0 Å². The number of aryl methyl sites for hydroxylation is 1. The van der Waals surface area contributed by atoms with Crippen molar-refractivity contribution >= 4 is 28.3 Å². The summed E-state index contributed by atoms with van der Waals surface area (Å²) in [5.41, 5.74) is 7.48. The molecule has 1 aromatic carbocycles. The van der Waals surface area contributed by atoms with E-state index in [9.17, 15) is 5.11 Å². The highest BCUT2D eigenvalue weighted by Crippen LogP contribution is 2.31. The van der Waals surface area contributed by atoms with E-state index in [1.165, 1.54) is 0 Å². The third-order valence-electron chi connectivity index (χ3n) is 2.11. The van der Waals surface area contributed by atoms with Crippen LogP contribution >= 0.6 is 28.3 Å². The number of aromatic hydroxyl groups is 1. The topological polar surface area (TPSA) is 46.2 Å². The molecule has 0 aliphatic rings. The first-order valence-corrected chi connectivity index (χ1v) is 5.21. The zero-order valence-corrected chi connectivity index (χ0v) is 10.9. The quantitative estimate of drug-likeness (QED) is 0.838. The predicted molar refractivity (Wildman–Crippen MR) is 69.5 cm³/mol. The molecule has 0 aliphatic heterocycles. The van der Waals surface area contributed by atoms with E-state index in [1.807, 2.05) is 19.1 Å². The maximum absolute atomic E-state index is 9.78. The van der Waals surface area contributed by atoms with Crippen molar-refractivity contribution in [2.45, 2.75) is 19.4 Å². The van der Waals surface area contributed by atoms with Crippen LogP contribution in [-0.2, 0) is 0 Å². The number of nitrogens with two attached hydrogens (primary N) is 1. The molecule has 15 heavy (non-hydrogen) atoms. The van der Waals surface area contributed by atoms with Crippen LogP contribution in [0.25, 0.3) is 0 Å². The van der Waals surface area contributed by atoms with Crippen LogP contribution in [0.2, 0.25) is 0 Å². The highest BCUT2D eigenvalue weighted by molar-refractivity contribution is 9.10. The summed E-state index contributed by atoms with van der Waals surface area (Å²) in [6.07, 6.45) is 2.41. The Bertz CT molecular complexity index is 355. The van der Waals surface area contributed by atoms with E-state index in [4.69, 9.17) is 5.73 Å². The Hall–Kier alpha value is -0.510. The van der Waals surface area contributed by atoms with Gasteiger partial charge < -0.3 is 10.8 Å². The van der Waals surface area contributed by atoms with Crippen LogP contribution in [-0.4, -0.2) is 5.11 Å². The molecule has 0 fully saturated rings. The molecular weight excluding hydrogens is 277 g/mol. The van der Waals surface area contributed by atoms with E-state index < -0.39 is 0 Å². The van der Waals surface area contributed by atoms with Gasteiger partial charge in [-0.25, -0.2) is 0 Å². The van der Waals surface area contributed by atoms with Crippen LogP contribution < -0.4 is 5.73 Å². The standard InChI is InChI=1S/C11H14BrNO.ClH/c1-3-4-10(13)9-6-8(12)5-7(2)11(9)14;/h3,5-6,10,14H,1,4,13H2,2H3;1H/t10-;/m1./s1. The van der Waals surface area contributed by atoms with Gasteiger partial charge in [-0.15, -0.1) is 19.0 Å². The minimum atomic E-state index is -0.191. The van der Waals surface area contributed by atoms with Gasteiger partial charge in [0.05, 0.1) is 0 Å². The second-order valence-electron chi connectivity index (χ2n) is 3.29. The Balaban J connectivity index is 0.00000196. The molecule has 0 amide bonds. The van der Waals surface area contributed by atoms with E-state index in [2.05, 4.69) is 22.5 Å². The molecule has 0 heterocycles. The van der Waals surface area contributed by atoms with Crippen molar-refractivity contribution in [2.24, 2.45) is 5.73 Å². The number of phenolic OH excluding ortho intramolecular Hbond substituents is 1. The number of phenols is 1. The summed E-state index contributed by atoms with van der Waals surface area (Å²) in [5.74, 6) is 0.280. The van der Waals surface area contributed by atoms with Crippen LogP contribution in [0.15, 0.2) is 29.3 Å². The second-order valence-corrected chi connectivity index (χ2v) is 4.21. The van der Waals surface area contributed by atoms with E-state index in [0.29, 0.717) is 6.42 Å². The third kappa shape index (κ3) is 3.52. The normalized spacial score (nSPS) is 11.7. The lowest BCUT2D eigenvalue weighted by Gasteiger charge is -2.13. The van der Waals surface area contributed by atoms with Gasteiger partial charge in [-0.05, 0) is 31.0 Å². The van der Waals surface area contributed by atoms with E-state index in [0.717, 1.165) is 15.6 Å². The molecule has 1 atom stereocenters. The van der Waals surface area contributed by atoms with Crippen molar-refractivity contribution in [3.8, 4) is 5.75 Å². The average Bonchev–Trinajstić information content (AvgIpc) is 2.11. The fraction of sp³-hybridized carbons (Fsp3) is 0.273. The minimum absolute atomic E-state index is 0. The van der Waals surface area contributed by atoms with Crippen molar-refractivity contribution < 1.29 is 5.11 Å². The molecular formula is C11H15BrClNO. The molecule has 0 unspecified atom stereocenters. The summed E-state index contributed by atoms with van der Waals surface area (Å²) in [7, 11) is 0. The zero-order chi connectivity index (χ0) is 10.7. The van der Waals surface area contributed by atoms with Crippen LogP contribution in [0.4, 0.5) is 0 Å². The Labute approximate surface area is 105 Å². The van der Waals surface area contributed by atoms with E-state index >= 15 is 0 Å². The van der Waals surface area contributed by atoms with E-state index in [-0.39, 0.29) is 24.2 Å². The lowest BCUT2D eigenvalue weighted by molar-refractivity contribution is 0.457. The summed E-state index contributed by atoms with van der Waals surface area (Å²) in [5, 5.41) is 9.78. The van der Waals surface area contributed by atoms with Gasteiger partial charge in [0.15, 0.2) is 0 Å². The van der Waals surface area contributed by atoms with Gasteiger partial charge in [0.2, 0.25) is 0 Å². The minimum Gasteiger partial charge on any atom is -0.507 e. The number of halogens is 2. The third-order valence-corrected chi connectivity index (χ3v) is 2.57. The first-order chi connectivity index (χ1) is 6.56. The van der Waals surface area contributed by atoms with Crippen molar-refractivity contribution in [1.82, 2.24) is 0 Å². The number of benzene rings is 1. The average molecular weight is 293 g/mol. The van der Waals surface area contributed by atoms with Gasteiger partial charge in [-0.2, -0.15) is 0 Å². The summed E-state index contributed by atoms with van der Waals surface area (Å²) in [6.45, 7) is 5.48. The maximum atomic E-state index is 9.78. The molecule has 0 saturated heterocycles. The van der Waals surface area contributed by atoms with Gasteiger partial charge >= 0.3 is 0 Å². The molecule has 0 saturated carbocycles. The zero-order valence-electron chi connectivity index (χ0n) is 8.53. The van der Waals surface area contributed by atoms with Crippen LogP contribution in [0.1, 0.15) is 23.6 Å². The second kappa shape index (κ2) is 6.16. The van der Waals surface area contributed by atoms with Gasteiger partial charge in [-0.3, -0.25) is 0 Å². The Morgan fingerprint density at radius 1 is 1.60 bits per heavy atom. The fourth-order valence-corrected chi connectivity index (χ4v) is 1.94. The van der Waals surface area contributed by atoms with Gasteiger partial charge in [0.25, 0.3) is 0 Å². The first kappa shape index (κ1) is 14.5. The Kier molecular flexibility index (Phi) is 5.95. The summed E-state index contributed by atoms with van der Waals surface area (Å²) in [4.78, 5) is 0. The molecule has 3 N–H and O–H groups in total. The first-order valence-electron chi connectivity index (χ1n) is 4.41. The highest BCUT2D eigenvalue weighted by atomic mass is 79.9. The summed E-state index contributed by atoms with van der Waals surface area (Å²) >= 11 is 3.37. The maximum Gasteiger partial charge on any atom is 0.123 e. The molecule has 0 bridgehead atoms. The van der Waals surface area contributed by atoms with Crippen molar-refractivity contribution in [1.29, 1.82) is 0 Å². The monoisotopic (exact) mass is 291 g/mol. The summed E-state index contributed by atoms with van der Waals surface area (Å²) in [6, 6.07) is 3.51. The smallest absolute Gasteiger partial charge is 0.123 e. The SMILES string of the molecule is C=CC[C@@H](N)c1cc(Br)cc(C)c1O.Cl. The molecule has 84 valence electrons. The van der Waals surface area contributed by atoms with Crippen molar-refractivity contribution in [3.05, 3.63) is 40.4 Å². The number of rotatable bonds is 3. The van der Waals surface area contributed by atoms with Gasteiger partial charge in [0, 0.05) is 16.1 Å². The lowest BCUT2D eigenvalue weighted by Crippen LogP contribution is -2.09. The van der Waals surface area contributed by atoms with Crippen LogP contribution in [0.3, 0.4) is 0 Å². The van der Waals surface area contributed by atoms with Gasteiger partial charge in [-0.1, -0.05) is 22.0 Å². The van der Waals surface area contributed by atoms with Crippen molar-refractivity contribution in [3.63, 3.8) is 0 Å². The number of hydrogen-bond donors (Lipinski definition) is 2. The van der Waals surface area contributed by atoms with Gasteiger partial charge in [0.1, 0.15) is 5.75 Å². The molecule has 0 aromatic heterocycles. The fourth-order valence-electron chi connectivity index (χ4n) is 1.35. The molecule has 1 rings (SSSR count). The molecule has 4 heteroatoms. The lowest BCUT2D eigenvalue weighted by atomic mass is 10.0. The largest absolute Gasteiger partial charge is 0.507 e. The Morgan fingerprint density at radius 2 is 2.20 bits per heavy atom. The Morgan fingerprint density at radius 3 is 2.73 bits per heavy atom. The van der Waals surface area contributed by atoms with Crippen LogP contribution in [0, 0.1) is 6.92 Å². The molecule has 0 spiro atoms. The van der Waals surface area contributed by atoms with E-state index in [1.54, 1.807) is 6.08 Å². The molecule has 0 radical (unpaired) electrons. The summed E-state index contributed by atoms with van der Waals surface area (Å²) < 4.78 is 0.933. The highest BCUT2D eigenvalue weighted by Gasteiger charge is 2.12. The van der Waals surface area contributed by atoms with Crippen LogP contribution in [0.5, 0.6) is 5.75 Å². The predicted octanol–water partition coefficient (Wildman–Crippen LogP) is 3.46. The molecule has 0 aliphatic carbocycles. The molecule has 2 nitrogen and oxygen atoms in total. The number of hydrogen-bond acceptors (Lipinski definition) is 2. The molecule has 1 aromatic rings.